The predicted molar refractivity (Wildman–Crippen MR) is 130 cm³/mol. The van der Waals surface area contributed by atoms with Gasteiger partial charge in [0.2, 0.25) is 0 Å². The van der Waals surface area contributed by atoms with Gasteiger partial charge in [0, 0.05) is 23.3 Å². The predicted octanol–water partition coefficient (Wildman–Crippen LogP) is 2.99. The lowest BCUT2D eigenvalue weighted by Gasteiger charge is -2.15. The van der Waals surface area contributed by atoms with Gasteiger partial charge in [0.25, 0.3) is 5.91 Å². The molecule has 0 aliphatic carbocycles. The molecule has 218 valence electrons. The van der Waals surface area contributed by atoms with E-state index in [-0.39, 0.29) is 28.6 Å². The first-order chi connectivity index (χ1) is 19.2. The average Bonchev–Trinajstić information content (AvgIpc) is 3.48. The summed E-state index contributed by atoms with van der Waals surface area (Å²) in [5.41, 5.74) is -0.872. The summed E-state index contributed by atoms with van der Waals surface area (Å²) in [5, 5.41) is 20.3. The van der Waals surface area contributed by atoms with Crippen LogP contribution in [0.3, 0.4) is 0 Å². The van der Waals surface area contributed by atoms with Crippen molar-refractivity contribution in [2.75, 3.05) is 6.54 Å². The number of carbonyl (C=O) groups excluding carboxylic acids is 1. The molecule has 1 aromatic carbocycles. The number of benzene rings is 1. The van der Waals surface area contributed by atoms with Crippen LogP contribution in [0.4, 0.5) is 26.3 Å². The third-order valence-corrected chi connectivity index (χ3v) is 5.78. The molecule has 0 radical (unpaired) electrons. The van der Waals surface area contributed by atoms with E-state index in [9.17, 15) is 41.0 Å². The standard InChI is InChI=1S/C23H19ClF6N8O3/c24-14-5-3-13(4-6-14)18-35-37(21(41)36(18)10-16(39)23(28,29)30)11-17-33-12-38(34-17)19-15(2-1-8-31-19)20(40)32-9-7-22(25,26)27/h1-6,8,12,16,39H,7,9-11H2,(H,32,40)/t16-/m0/s1. The summed E-state index contributed by atoms with van der Waals surface area (Å²) >= 11 is 5.88. The lowest BCUT2D eigenvalue weighted by atomic mass is 10.2. The molecule has 0 unspecified atom stereocenters. The molecule has 0 spiro atoms. The molecule has 0 aliphatic heterocycles. The maximum Gasteiger partial charge on any atom is 0.416 e. The largest absolute Gasteiger partial charge is 0.416 e. The number of hydrogen-bond acceptors (Lipinski definition) is 7. The van der Waals surface area contributed by atoms with Crippen LogP contribution in [0.2, 0.25) is 5.02 Å². The minimum Gasteiger partial charge on any atom is -0.382 e. The van der Waals surface area contributed by atoms with Crippen LogP contribution in [0.15, 0.2) is 53.7 Å². The van der Waals surface area contributed by atoms with E-state index in [0.29, 0.717) is 9.59 Å². The van der Waals surface area contributed by atoms with Gasteiger partial charge in [0.1, 0.15) is 12.9 Å². The van der Waals surface area contributed by atoms with Crippen molar-refractivity contribution in [2.45, 2.75) is 38.0 Å². The summed E-state index contributed by atoms with van der Waals surface area (Å²) < 4.78 is 79.0. The van der Waals surface area contributed by atoms with Gasteiger partial charge in [-0.15, -0.1) is 10.2 Å². The van der Waals surface area contributed by atoms with Crippen molar-refractivity contribution < 1.29 is 36.2 Å². The summed E-state index contributed by atoms with van der Waals surface area (Å²) in [6, 6.07) is 8.44. The molecule has 1 amide bonds. The first kappa shape index (κ1) is 29.7. The average molecular weight is 605 g/mol. The number of aliphatic hydroxyl groups is 1. The zero-order valence-corrected chi connectivity index (χ0v) is 21.3. The molecule has 0 fully saturated rings. The Morgan fingerprint density at radius 1 is 1.05 bits per heavy atom. The van der Waals surface area contributed by atoms with Gasteiger partial charge in [-0.2, -0.15) is 26.3 Å². The number of nitrogens with one attached hydrogen (secondary N) is 1. The molecule has 11 nitrogen and oxygen atoms in total. The SMILES string of the molecule is O=C(NCCC(F)(F)F)c1cccnc1-n1cnc(Cn2nc(-c3ccc(Cl)cc3)n(C[C@H](O)C(F)(F)F)c2=O)n1. The number of aromatic nitrogens is 7. The Bertz CT molecular complexity index is 1580. The van der Waals surface area contributed by atoms with Gasteiger partial charge in [0.05, 0.1) is 18.5 Å². The summed E-state index contributed by atoms with van der Waals surface area (Å²) in [7, 11) is 0. The van der Waals surface area contributed by atoms with Crippen LogP contribution in [0.5, 0.6) is 0 Å². The number of carbonyl (C=O) groups is 1. The molecule has 0 bridgehead atoms. The number of aliphatic hydroxyl groups excluding tert-OH is 1. The molecule has 4 aromatic rings. The van der Waals surface area contributed by atoms with Crippen molar-refractivity contribution >= 4 is 17.5 Å². The van der Waals surface area contributed by atoms with Crippen LogP contribution in [0.25, 0.3) is 17.2 Å². The fourth-order valence-electron chi connectivity index (χ4n) is 3.57. The molecule has 3 heterocycles. The van der Waals surface area contributed by atoms with E-state index in [1.807, 2.05) is 0 Å². The Balaban J connectivity index is 1.62. The van der Waals surface area contributed by atoms with Crippen LogP contribution < -0.4 is 11.0 Å². The molecule has 3 aromatic heterocycles. The maximum absolute atomic E-state index is 13.1. The van der Waals surface area contributed by atoms with Crippen LogP contribution in [0, 0.1) is 0 Å². The molecule has 1 atom stereocenters. The lowest BCUT2D eigenvalue weighted by molar-refractivity contribution is -0.207. The van der Waals surface area contributed by atoms with Crippen LogP contribution in [-0.2, 0) is 13.1 Å². The number of alkyl halides is 6. The molecular formula is C23H19ClF6N8O3. The summed E-state index contributed by atoms with van der Waals surface area (Å²) in [4.78, 5) is 33.6. The minimum atomic E-state index is -5.00. The third kappa shape index (κ3) is 7.29. The summed E-state index contributed by atoms with van der Waals surface area (Å²) in [5.74, 6) is -1.18. The highest BCUT2D eigenvalue weighted by molar-refractivity contribution is 6.30. The maximum atomic E-state index is 13.1. The number of rotatable bonds is 9. The van der Waals surface area contributed by atoms with Gasteiger partial charge < -0.3 is 10.4 Å². The van der Waals surface area contributed by atoms with Gasteiger partial charge in [0.15, 0.2) is 23.6 Å². The van der Waals surface area contributed by atoms with Gasteiger partial charge in [-0.1, -0.05) is 11.6 Å². The van der Waals surface area contributed by atoms with E-state index in [4.69, 9.17) is 11.6 Å². The van der Waals surface area contributed by atoms with E-state index in [2.05, 4.69) is 25.5 Å². The summed E-state index contributed by atoms with van der Waals surface area (Å²) in [6.45, 7) is -2.23. The quantitative estimate of drug-likeness (QED) is 0.281. The van der Waals surface area contributed by atoms with E-state index in [1.54, 1.807) is 0 Å². The Kier molecular flexibility index (Phi) is 8.48. The zero-order valence-electron chi connectivity index (χ0n) is 20.6. The zero-order chi connectivity index (χ0) is 29.9. The highest BCUT2D eigenvalue weighted by Gasteiger charge is 2.39. The Morgan fingerprint density at radius 2 is 1.76 bits per heavy atom. The second kappa shape index (κ2) is 11.7. The Hall–Kier alpha value is -4.25. The summed E-state index contributed by atoms with van der Waals surface area (Å²) in [6.07, 6.45) is -11.1. The van der Waals surface area contributed by atoms with E-state index < -0.39 is 56.1 Å². The van der Waals surface area contributed by atoms with E-state index in [1.165, 1.54) is 42.6 Å². The van der Waals surface area contributed by atoms with Crippen LogP contribution in [0.1, 0.15) is 22.6 Å². The first-order valence-electron chi connectivity index (χ1n) is 11.6. The van der Waals surface area contributed by atoms with Crippen LogP contribution >= 0.6 is 11.6 Å². The van der Waals surface area contributed by atoms with Gasteiger partial charge in [-0.05, 0) is 36.4 Å². The van der Waals surface area contributed by atoms with Gasteiger partial charge in [-0.3, -0.25) is 9.36 Å². The Morgan fingerprint density at radius 3 is 2.41 bits per heavy atom. The number of hydrogen-bond donors (Lipinski definition) is 2. The lowest BCUT2D eigenvalue weighted by Crippen LogP contribution is -2.37. The van der Waals surface area contributed by atoms with Crippen LogP contribution in [-0.4, -0.2) is 70.1 Å². The van der Waals surface area contributed by atoms with Gasteiger partial charge in [-0.25, -0.2) is 24.1 Å². The third-order valence-electron chi connectivity index (χ3n) is 5.53. The first-order valence-corrected chi connectivity index (χ1v) is 12.0. The second-order valence-corrected chi connectivity index (χ2v) is 8.98. The van der Waals surface area contributed by atoms with Crippen molar-refractivity contribution in [2.24, 2.45) is 0 Å². The van der Waals surface area contributed by atoms with E-state index in [0.717, 1.165) is 15.7 Å². The van der Waals surface area contributed by atoms with Crippen molar-refractivity contribution in [1.82, 2.24) is 39.4 Å². The van der Waals surface area contributed by atoms with Crippen molar-refractivity contribution in [3.8, 4) is 17.2 Å². The topological polar surface area (TPSA) is 133 Å². The number of halogens is 7. The molecule has 18 heteroatoms. The molecule has 0 saturated carbocycles. The normalized spacial score (nSPS) is 12.9. The Labute approximate surface area is 231 Å². The fourth-order valence-corrected chi connectivity index (χ4v) is 3.70. The van der Waals surface area contributed by atoms with Crippen molar-refractivity contribution in [1.29, 1.82) is 0 Å². The molecule has 0 aliphatic rings. The second-order valence-electron chi connectivity index (χ2n) is 8.54. The number of amides is 1. The number of nitrogens with zero attached hydrogens (tertiary/aromatic N) is 7. The highest BCUT2D eigenvalue weighted by Crippen LogP contribution is 2.24. The minimum absolute atomic E-state index is 0.0649. The smallest absolute Gasteiger partial charge is 0.382 e. The van der Waals surface area contributed by atoms with E-state index >= 15 is 0 Å². The molecule has 0 saturated heterocycles. The molecule has 2 N–H and O–H groups in total. The molecule has 4 rings (SSSR count). The molecular weight excluding hydrogens is 586 g/mol. The van der Waals surface area contributed by atoms with Gasteiger partial charge >= 0.3 is 18.0 Å². The molecule has 41 heavy (non-hydrogen) atoms. The van der Waals surface area contributed by atoms with Crippen molar-refractivity contribution in [3.05, 3.63) is 75.8 Å². The van der Waals surface area contributed by atoms with Crippen molar-refractivity contribution in [3.63, 3.8) is 0 Å². The fraction of sp³-hybridized carbons (Fsp3) is 0.304. The highest BCUT2D eigenvalue weighted by atomic mass is 35.5. The number of pyridine rings is 1. The monoisotopic (exact) mass is 604 g/mol.